The van der Waals surface area contributed by atoms with E-state index in [0.29, 0.717) is 12.0 Å². The highest BCUT2D eigenvalue weighted by atomic mass is 32.1. The van der Waals surface area contributed by atoms with Crippen LogP contribution in [0.25, 0.3) is 10.4 Å². The highest BCUT2D eigenvalue weighted by Gasteiger charge is 2.33. The summed E-state index contributed by atoms with van der Waals surface area (Å²) in [4.78, 5) is 17.5. The molecular formula is C16H15F3N2O2S. The van der Waals surface area contributed by atoms with Gasteiger partial charge < -0.3 is 9.64 Å². The number of halogens is 3. The molecule has 2 aromatic rings. The third-order valence-electron chi connectivity index (χ3n) is 3.88. The van der Waals surface area contributed by atoms with Gasteiger partial charge in [0.15, 0.2) is 0 Å². The van der Waals surface area contributed by atoms with E-state index in [-0.39, 0.29) is 11.9 Å². The summed E-state index contributed by atoms with van der Waals surface area (Å²) < 4.78 is 42.9. The topological polar surface area (TPSA) is 42.4 Å². The predicted molar refractivity (Wildman–Crippen MR) is 84.9 cm³/mol. The number of alkyl halides is 3. The Kier molecular flexibility index (Phi) is 4.49. The number of nitrogens with zero attached hydrogens (tertiary/aromatic N) is 2. The van der Waals surface area contributed by atoms with Gasteiger partial charge in [0.2, 0.25) is 0 Å². The van der Waals surface area contributed by atoms with Gasteiger partial charge in [-0.15, -0.1) is 11.3 Å². The normalized spacial score (nSPS) is 15.2. The first kappa shape index (κ1) is 16.8. The van der Waals surface area contributed by atoms with Crippen molar-refractivity contribution in [1.82, 2.24) is 4.98 Å². The number of rotatable bonds is 4. The smallest absolute Gasteiger partial charge is 0.433 e. The Morgan fingerprint density at radius 3 is 2.79 bits per heavy atom. The van der Waals surface area contributed by atoms with E-state index >= 15 is 0 Å². The van der Waals surface area contributed by atoms with Gasteiger partial charge in [-0.05, 0) is 29.8 Å². The molecule has 3 rings (SSSR count). The summed E-state index contributed by atoms with van der Waals surface area (Å²) >= 11 is 1.43. The van der Waals surface area contributed by atoms with Crippen LogP contribution in [0, 0.1) is 5.92 Å². The molecule has 1 aliphatic heterocycles. The van der Waals surface area contributed by atoms with Crippen LogP contribution >= 0.6 is 11.3 Å². The van der Waals surface area contributed by atoms with Crippen molar-refractivity contribution in [3.8, 4) is 10.4 Å². The van der Waals surface area contributed by atoms with Crippen LogP contribution in [0.15, 0.2) is 30.5 Å². The molecule has 128 valence electrons. The lowest BCUT2D eigenvalue weighted by atomic mass is 9.97. The first-order valence-electron chi connectivity index (χ1n) is 7.32. The molecule has 1 saturated heterocycles. The van der Waals surface area contributed by atoms with Gasteiger partial charge in [0.05, 0.1) is 18.5 Å². The van der Waals surface area contributed by atoms with Crippen LogP contribution in [0.2, 0.25) is 0 Å². The number of hydrogen-bond acceptors (Lipinski definition) is 5. The molecule has 3 heterocycles. The minimum Gasteiger partial charge on any atom is -0.469 e. The lowest BCUT2D eigenvalue weighted by Gasteiger charge is -2.39. The van der Waals surface area contributed by atoms with Crippen molar-refractivity contribution < 1.29 is 22.7 Å². The zero-order valence-electron chi connectivity index (χ0n) is 12.8. The van der Waals surface area contributed by atoms with Gasteiger partial charge in [-0.25, -0.2) is 0 Å². The van der Waals surface area contributed by atoms with Gasteiger partial charge in [0.25, 0.3) is 0 Å². The highest BCUT2D eigenvalue weighted by Crippen LogP contribution is 2.38. The molecule has 1 fully saturated rings. The van der Waals surface area contributed by atoms with Gasteiger partial charge in [0, 0.05) is 30.1 Å². The van der Waals surface area contributed by atoms with E-state index in [1.165, 1.54) is 24.6 Å². The van der Waals surface area contributed by atoms with E-state index in [1.807, 2.05) is 12.1 Å². The number of carbonyl (C=O) groups is 1. The SMILES string of the molecule is COC(=O)CC1CN(c2ccc(-c3ccnc(C(F)(F)F)c3)s2)C1. The first-order valence-corrected chi connectivity index (χ1v) is 8.13. The molecule has 2 aromatic heterocycles. The van der Waals surface area contributed by atoms with Crippen LogP contribution in [-0.4, -0.2) is 31.2 Å². The monoisotopic (exact) mass is 356 g/mol. The van der Waals surface area contributed by atoms with Crippen LogP contribution in [-0.2, 0) is 15.7 Å². The zero-order chi connectivity index (χ0) is 17.3. The number of methoxy groups -OCH3 is 1. The van der Waals surface area contributed by atoms with Crippen LogP contribution in [0.3, 0.4) is 0 Å². The molecule has 0 saturated carbocycles. The lowest BCUT2D eigenvalue weighted by molar-refractivity contribution is -0.142. The molecule has 0 amide bonds. The Bertz CT molecular complexity index is 739. The predicted octanol–water partition coefficient (Wildman–Crippen LogP) is 3.83. The maximum atomic E-state index is 12.8. The fourth-order valence-corrected chi connectivity index (χ4v) is 3.61. The van der Waals surface area contributed by atoms with Crippen LogP contribution in [0.1, 0.15) is 12.1 Å². The minimum atomic E-state index is -4.45. The molecule has 8 heteroatoms. The number of esters is 1. The highest BCUT2D eigenvalue weighted by molar-refractivity contribution is 7.19. The number of thiophene rings is 1. The molecule has 0 radical (unpaired) electrons. The van der Waals surface area contributed by atoms with E-state index < -0.39 is 11.9 Å². The summed E-state index contributed by atoms with van der Waals surface area (Å²) in [5, 5.41) is 0.983. The minimum absolute atomic E-state index is 0.219. The van der Waals surface area contributed by atoms with Crippen LogP contribution < -0.4 is 4.90 Å². The summed E-state index contributed by atoms with van der Waals surface area (Å²) in [6, 6.07) is 6.33. The summed E-state index contributed by atoms with van der Waals surface area (Å²) in [5.41, 5.74) is -0.391. The molecule has 0 aromatic carbocycles. The molecule has 24 heavy (non-hydrogen) atoms. The average molecular weight is 356 g/mol. The number of anilines is 1. The number of ether oxygens (including phenoxy) is 1. The van der Waals surface area contributed by atoms with Crippen molar-refractivity contribution in [2.45, 2.75) is 12.6 Å². The molecule has 0 N–H and O–H groups in total. The largest absolute Gasteiger partial charge is 0.469 e. The Labute approximate surface area is 140 Å². The molecular weight excluding hydrogens is 341 g/mol. The third-order valence-corrected chi connectivity index (χ3v) is 5.07. The lowest BCUT2D eigenvalue weighted by Crippen LogP contribution is -2.47. The Balaban J connectivity index is 1.68. The van der Waals surface area contributed by atoms with E-state index in [0.717, 1.165) is 29.0 Å². The van der Waals surface area contributed by atoms with Crippen LogP contribution in [0.4, 0.5) is 18.2 Å². The summed E-state index contributed by atoms with van der Waals surface area (Å²) in [6.07, 6.45) is -2.88. The standard InChI is InChI=1S/C16H15F3N2O2S/c1-23-15(22)6-10-8-21(9-10)14-3-2-12(24-14)11-4-5-20-13(7-11)16(17,18)19/h2-5,7,10H,6,8-9H2,1H3. The number of hydrogen-bond donors (Lipinski definition) is 0. The maximum Gasteiger partial charge on any atom is 0.433 e. The maximum absolute atomic E-state index is 12.8. The van der Waals surface area contributed by atoms with Gasteiger partial charge in [-0.2, -0.15) is 13.2 Å². The third kappa shape index (κ3) is 3.53. The van der Waals surface area contributed by atoms with Gasteiger partial charge in [0.1, 0.15) is 5.69 Å². The van der Waals surface area contributed by atoms with Crippen molar-refractivity contribution in [2.24, 2.45) is 5.92 Å². The van der Waals surface area contributed by atoms with E-state index in [2.05, 4.69) is 14.6 Å². The number of carbonyl (C=O) groups excluding carboxylic acids is 1. The zero-order valence-corrected chi connectivity index (χ0v) is 13.7. The van der Waals surface area contributed by atoms with Crippen molar-refractivity contribution >= 4 is 22.3 Å². The van der Waals surface area contributed by atoms with E-state index in [4.69, 9.17) is 0 Å². The van der Waals surface area contributed by atoms with Gasteiger partial charge in [-0.3, -0.25) is 9.78 Å². The molecule has 0 atom stereocenters. The Hall–Kier alpha value is -2.09. The van der Waals surface area contributed by atoms with Gasteiger partial charge in [-0.1, -0.05) is 0 Å². The second-order valence-electron chi connectivity index (χ2n) is 5.62. The summed E-state index contributed by atoms with van der Waals surface area (Å²) in [7, 11) is 1.37. The van der Waals surface area contributed by atoms with Crippen LogP contribution in [0.5, 0.6) is 0 Å². The average Bonchev–Trinajstić information content (AvgIpc) is 2.99. The van der Waals surface area contributed by atoms with Crippen molar-refractivity contribution in [2.75, 3.05) is 25.1 Å². The Morgan fingerprint density at radius 1 is 1.38 bits per heavy atom. The van der Waals surface area contributed by atoms with Crippen molar-refractivity contribution in [3.63, 3.8) is 0 Å². The molecule has 0 aliphatic carbocycles. The van der Waals surface area contributed by atoms with Crippen molar-refractivity contribution in [1.29, 1.82) is 0 Å². The summed E-state index contributed by atoms with van der Waals surface area (Å²) in [6.45, 7) is 1.50. The molecule has 0 unspecified atom stereocenters. The summed E-state index contributed by atoms with van der Waals surface area (Å²) in [5.74, 6) is 0.0451. The number of aromatic nitrogens is 1. The second kappa shape index (κ2) is 6.43. The molecule has 0 spiro atoms. The van der Waals surface area contributed by atoms with Gasteiger partial charge >= 0.3 is 12.1 Å². The fraction of sp³-hybridized carbons (Fsp3) is 0.375. The van der Waals surface area contributed by atoms with Crippen molar-refractivity contribution in [3.05, 3.63) is 36.2 Å². The fourth-order valence-electron chi connectivity index (χ4n) is 2.59. The second-order valence-corrected chi connectivity index (χ2v) is 6.68. The molecule has 4 nitrogen and oxygen atoms in total. The first-order chi connectivity index (χ1) is 11.4. The molecule has 0 bridgehead atoms. The quantitative estimate of drug-likeness (QED) is 0.781. The van der Waals surface area contributed by atoms with E-state index in [9.17, 15) is 18.0 Å². The Morgan fingerprint density at radius 2 is 2.12 bits per heavy atom. The number of pyridine rings is 1. The molecule has 1 aliphatic rings. The van der Waals surface area contributed by atoms with E-state index in [1.54, 1.807) is 6.07 Å².